The third-order valence-corrected chi connectivity index (χ3v) is 11.4. The van der Waals surface area contributed by atoms with Crippen molar-refractivity contribution in [2.75, 3.05) is 4.90 Å². The van der Waals surface area contributed by atoms with Crippen LogP contribution in [0.15, 0.2) is 229 Å². The van der Waals surface area contributed by atoms with Gasteiger partial charge in [0.25, 0.3) is 0 Å². The van der Waals surface area contributed by atoms with Crippen LogP contribution in [0.5, 0.6) is 0 Å². The van der Waals surface area contributed by atoms with Crippen LogP contribution < -0.4 is 4.90 Å². The lowest BCUT2D eigenvalue weighted by Gasteiger charge is -2.29. The first kappa shape index (κ1) is 33.6. The Balaban J connectivity index is 1.10. The summed E-state index contributed by atoms with van der Waals surface area (Å²) in [6.07, 6.45) is 0. The number of anilines is 3. The minimum Gasteiger partial charge on any atom is -0.456 e. The van der Waals surface area contributed by atoms with Crippen LogP contribution >= 0.6 is 0 Å². The monoisotopic (exact) mass is 739 g/mol. The molecule has 11 aromatic rings. The smallest absolute Gasteiger partial charge is 0.136 e. The molecule has 0 N–H and O–H groups in total. The Kier molecular flexibility index (Phi) is 8.19. The van der Waals surface area contributed by atoms with E-state index in [0.29, 0.717) is 0 Å². The lowest BCUT2D eigenvalue weighted by atomic mass is 9.95. The number of benzene rings is 10. The summed E-state index contributed by atoms with van der Waals surface area (Å²) < 4.78 is 6.34. The molecule has 58 heavy (non-hydrogen) atoms. The van der Waals surface area contributed by atoms with E-state index < -0.39 is 0 Å². The number of hydrogen-bond acceptors (Lipinski definition) is 2. The topological polar surface area (TPSA) is 16.4 Å². The van der Waals surface area contributed by atoms with Gasteiger partial charge in [0.2, 0.25) is 0 Å². The summed E-state index contributed by atoms with van der Waals surface area (Å²) in [5.74, 6) is 0. The first-order chi connectivity index (χ1) is 28.7. The molecule has 0 spiro atoms. The molecule has 0 unspecified atom stereocenters. The fraction of sp³-hybridized carbons (Fsp3) is 0. The molecule has 10 aromatic carbocycles. The highest BCUT2D eigenvalue weighted by Gasteiger charge is 2.20. The second-order valence-corrected chi connectivity index (χ2v) is 14.9. The van der Waals surface area contributed by atoms with E-state index in [-0.39, 0.29) is 0 Å². The van der Waals surface area contributed by atoms with Crippen molar-refractivity contribution in [2.45, 2.75) is 0 Å². The second-order valence-electron chi connectivity index (χ2n) is 14.9. The van der Waals surface area contributed by atoms with Gasteiger partial charge < -0.3 is 9.32 Å². The number of fused-ring (bicyclic) bond motifs is 5. The molecule has 0 fully saturated rings. The number of rotatable bonds is 7. The molecule has 0 aliphatic carbocycles. The molecular formula is C56H37NO. The number of hydrogen-bond donors (Lipinski definition) is 0. The molecule has 0 atom stereocenters. The fourth-order valence-electron chi connectivity index (χ4n) is 8.55. The highest BCUT2D eigenvalue weighted by atomic mass is 16.3. The van der Waals surface area contributed by atoms with Gasteiger partial charge in [-0.25, -0.2) is 0 Å². The van der Waals surface area contributed by atoms with Crippen molar-refractivity contribution in [3.63, 3.8) is 0 Å². The molecule has 0 aliphatic rings. The summed E-state index contributed by atoms with van der Waals surface area (Å²) in [4.78, 5) is 2.42. The van der Waals surface area contributed by atoms with Gasteiger partial charge in [-0.05, 0) is 115 Å². The Morgan fingerprint density at radius 1 is 0.276 bits per heavy atom. The van der Waals surface area contributed by atoms with E-state index in [2.05, 4.69) is 217 Å². The molecule has 1 heterocycles. The van der Waals surface area contributed by atoms with Crippen LogP contribution in [0.4, 0.5) is 17.1 Å². The van der Waals surface area contributed by atoms with Crippen molar-refractivity contribution in [1.82, 2.24) is 0 Å². The zero-order chi connectivity index (χ0) is 38.4. The minimum atomic E-state index is 0.888. The number of nitrogens with zero attached hydrogens (tertiary/aromatic N) is 1. The Hall–Kier alpha value is -7.68. The molecule has 0 radical (unpaired) electrons. The predicted molar refractivity (Wildman–Crippen MR) is 245 cm³/mol. The largest absolute Gasteiger partial charge is 0.456 e. The Morgan fingerprint density at radius 3 is 1.74 bits per heavy atom. The molecule has 0 saturated heterocycles. The van der Waals surface area contributed by atoms with E-state index in [1.165, 1.54) is 38.2 Å². The summed E-state index contributed by atoms with van der Waals surface area (Å²) >= 11 is 0. The van der Waals surface area contributed by atoms with Crippen molar-refractivity contribution in [3.8, 4) is 44.5 Å². The molecular weight excluding hydrogens is 703 g/mol. The maximum absolute atomic E-state index is 6.34. The van der Waals surface area contributed by atoms with Crippen LogP contribution in [0.2, 0.25) is 0 Å². The van der Waals surface area contributed by atoms with Crippen molar-refractivity contribution < 1.29 is 4.42 Å². The van der Waals surface area contributed by atoms with Crippen molar-refractivity contribution in [2.24, 2.45) is 0 Å². The summed E-state index contributed by atoms with van der Waals surface area (Å²) in [6.45, 7) is 0. The van der Waals surface area contributed by atoms with E-state index in [0.717, 1.165) is 66.8 Å². The maximum atomic E-state index is 6.34. The zero-order valence-corrected chi connectivity index (χ0v) is 31.7. The van der Waals surface area contributed by atoms with E-state index in [9.17, 15) is 0 Å². The van der Waals surface area contributed by atoms with Gasteiger partial charge >= 0.3 is 0 Å². The van der Waals surface area contributed by atoms with Crippen LogP contribution in [0.3, 0.4) is 0 Å². The molecule has 0 aliphatic heterocycles. The summed E-state index contributed by atoms with van der Waals surface area (Å²) in [5.41, 5.74) is 14.3. The summed E-state index contributed by atoms with van der Waals surface area (Å²) in [5, 5.41) is 7.21. The van der Waals surface area contributed by atoms with E-state index in [1.807, 2.05) is 12.1 Å². The quantitative estimate of drug-likeness (QED) is 0.162. The van der Waals surface area contributed by atoms with Crippen LogP contribution in [0.1, 0.15) is 0 Å². The summed E-state index contributed by atoms with van der Waals surface area (Å²) in [6, 6.07) is 80.9. The van der Waals surface area contributed by atoms with Crippen LogP contribution in [0, 0.1) is 0 Å². The number of furan rings is 1. The normalized spacial score (nSPS) is 11.4. The molecule has 2 heteroatoms. The fourth-order valence-corrected chi connectivity index (χ4v) is 8.55. The number of para-hydroxylation sites is 1. The third kappa shape index (κ3) is 6.00. The van der Waals surface area contributed by atoms with E-state index >= 15 is 0 Å². The van der Waals surface area contributed by atoms with Crippen molar-refractivity contribution in [3.05, 3.63) is 224 Å². The summed E-state index contributed by atoms with van der Waals surface area (Å²) in [7, 11) is 0. The standard InChI is InChI=1S/C56H37NO/c1-2-13-40(14-3-1)51-32-28-45(44-25-24-38-12-4-5-16-42(38)34-44)36-54(51)57(47-30-26-41(27-31-47)50-22-11-17-39-15-6-7-20-49(39)50)48-19-10-18-43(35-48)46-29-33-53-52-21-8-9-23-55(52)58-56(53)37-46/h1-37H. The first-order valence-corrected chi connectivity index (χ1v) is 19.8. The highest BCUT2D eigenvalue weighted by molar-refractivity contribution is 6.06. The molecule has 0 bridgehead atoms. The SMILES string of the molecule is c1ccc(-c2ccc(-c3ccc4ccccc4c3)cc2N(c2ccc(-c3cccc4ccccc34)cc2)c2cccc(-c3ccc4c(c3)oc3ccccc34)c2)cc1. The third-order valence-electron chi connectivity index (χ3n) is 11.4. The van der Waals surface area contributed by atoms with Gasteiger partial charge in [-0.3, -0.25) is 0 Å². The zero-order valence-electron chi connectivity index (χ0n) is 31.7. The van der Waals surface area contributed by atoms with E-state index in [1.54, 1.807) is 0 Å². The average Bonchev–Trinajstić information content (AvgIpc) is 3.67. The lowest BCUT2D eigenvalue weighted by Crippen LogP contribution is -2.11. The maximum Gasteiger partial charge on any atom is 0.136 e. The molecule has 11 rings (SSSR count). The molecule has 2 nitrogen and oxygen atoms in total. The Labute approximate surface area is 337 Å². The van der Waals surface area contributed by atoms with Crippen LogP contribution in [0.25, 0.3) is 88.0 Å². The van der Waals surface area contributed by atoms with Gasteiger partial charge in [0.05, 0.1) is 5.69 Å². The van der Waals surface area contributed by atoms with Gasteiger partial charge in [0, 0.05) is 27.7 Å². The Bertz CT molecular complexity index is 3280. The predicted octanol–water partition coefficient (Wildman–Crippen LogP) is 16.0. The second kappa shape index (κ2) is 14.1. The van der Waals surface area contributed by atoms with E-state index in [4.69, 9.17) is 4.42 Å². The Morgan fingerprint density at radius 2 is 0.862 bits per heavy atom. The van der Waals surface area contributed by atoms with Gasteiger partial charge in [-0.1, -0.05) is 170 Å². The van der Waals surface area contributed by atoms with Gasteiger partial charge in [0.1, 0.15) is 11.2 Å². The highest BCUT2D eigenvalue weighted by Crippen LogP contribution is 2.45. The van der Waals surface area contributed by atoms with Gasteiger partial charge in [-0.15, -0.1) is 0 Å². The van der Waals surface area contributed by atoms with Crippen molar-refractivity contribution in [1.29, 1.82) is 0 Å². The van der Waals surface area contributed by atoms with Crippen LogP contribution in [-0.2, 0) is 0 Å². The lowest BCUT2D eigenvalue weighted by molar-refractivity contribution is 0.669. The molecule has 1 aromatic heterocycles. The van der Waals surface area contributed by atoms with Crippen molar-refractivity contribution >= 4 is 60.5 Å². The van der Waals surface area contributed by atoms with Gasteiger partial charge in [-0.2, -0.15) is 0 Å². The van der Waals surface area contributed by atoms with Crippen LogP contribution in [-0.4, -0.2) is 0 Å². The molecule has 0 amide bonds. The molecule has 272 valence electrons. The van der Waals surface area contributed by atoms with Gasteiger partial charge in [0.15, 0.2) is 0 Å². The average molecular weight is 740 g/mol. The minimum absolute atomic E-state index is 0.888. The first-order valence-electron chi connectivity index (χ1n) is 19.8. The molecule has 0 saturated carbocycles.